The van der Waals surface area contributed by atoms with Crippen LogP contribution in [0.3, 0.4) is 0 Å². The van der Waals surface area contributed by atoms with E-state index in [4.69, 9.17) is 0 Å². The van der Waals surface area contributed by atoms with Crippen LogP contribution in [0, 0.1) is 13.8 Å². The van der Waals surface area contributed by atoms with E-state index >= 15 is 0 Å². The summed E-state index contributed by atoms with van der Waals surface area (Å²) in [6, 6.07) is 22.2. The molecule has 0 aliphatic heterocycles. The Balaban J connectivity index is 1.56. The average molecular weight is 381 g/mol. The second kappa shape index (κ2) is 8.15. The van der Waals surface area contributed by atoms with Crippen LogP contribution in [0.5, 0.6) is 0 Å². The average Bonchev–Trinajstić information content (AvgIpc) is 2.73. The summed E-state index contributed by atoms with van der Waals surface area (Å²) in [4.78, 5) is 16.6. The van der Waals surface area contributed by atoms with Crippen molar-refractivity contribution in [2.24, 2.45) is 0 Å². The van der Waals surface area contributed by atoms with E-state index in [1.54, 1.807) is 0 Å². The number of hydrogen-bond acceptors (Lipinski definition) is 2. The Kier molecular flexibility index (Phi) is 5.25. The Morgan fingerprint density at radius 1 is 0.897 bits per heavy atom. The third kappa shape index (κ3) is 4.27. The number of aromatic nitrogens is 1. The van der Waals surface area contributed by atoms with Gasteiger partial charge in [-0.3, -0.25) is 4.98 Å². The first kappa shape index (κ1) is 18.7. The molecule has 0 spiro atoms. The molecule has 0 aliphatic rings. The van der Waals surface area contributed by atoms with Gasteiger partial charge in [-0.05, 0) is 54.1 Å². The van der Waals surface area contributed by atoms with Gasteiger partial charge in [-0.1, -0.05) is 59.7 Å². The van der Waals surface area contributed by atoms with Crippen molar-refractivity contribution in [1.29, 1.82) is 0 Å². The Bertz CT molecular complexity index is 1170. The van der Waals surface area contributed by atoms with Gasteiger partial charge in [0.25, 0.3) is 0 Å². The van der Waals surface area contributed by atoms with Crippen molar-refractivity contribution in [3.63, 3.8) is 0 Å². The van der Waals surface area contributed by atoms with Crippen molar-refractivity contribution in [1.82, 2.24) is 10.3 Å². The number of amides is 2. The quantitative estimate of drug-likeness (QED) is 0.466. The molecule has 29 heavy (non-hydrogen) atoms. The van der Waals surface area contributed by atoms with E-state index in [-0.39, 0.29) is 6.03 Å². The summed E-state index contributed by atoms with van der Waals surface area (Å²) in [7, 11) is 0. The van der Waals surface area contributed by atoms with Crippen molar-refractivity contribution in [3.05, 3.63) is 95.8 Å². The molecule has 1 aromatic heterocycles. The van der Waals surface area contributed by atoms with E-state index in [1.807, 2.05) is 49.6 Å². The van der Waals surface area contributed by atoms with Crippen LogP contribution in [0.2, 0.25) is 0 Å². The molecular formula is C25H23N3O. The molecule has 0 bridgehead atoms. The second-order valence-electron chi connectivity index (χ2n) is 7.24. The van der Waals surface area contributed by atoms with E-state index in [9.17, 15) is 4.79 Å². The zero-order valence-electron chi connectivity index (χ0n) is 16.6. The smallest absolute Gasteiger partial charge is 0.319 e. The molecule has 144 valence electrons. The van der Waals surface area contributed by atoms with Crippen LogP contribution in [-0.2, 0) is 6.54 Å². The van der Waals surface area contributed by atoms with Crippen LogP contribution in [0.25, 0.3) is 21.9 Å². The molecule has 0 atom stereocenters. The Morgan fingerprint density at radius 3 is 2.52 bits per heavy atom. The third-order valence-corrected chi connectivity index (χ3v) is 4.99. The Labute approximate surface area is 170 Å². The van der Waals surface area contributed by atoms with E-state index in [1.165, 1.54) is 16.7 Å². The lowest BCUT2D eigenvalue weighted by atomic mass is 9.95. The van der Waals surface area contributed by atoms with Gasteiger partial charge in [0.15, 0.2) is 0 Å². The predicted molar refractivity (Wildman–Crippen MR) is 119 cm³/mol. The number of aryl methyl sites for hydroxylation is 2. The molecule has 0 aliphatic carbocycles. The minimum absolute atomic E-state index is 0.228. The molecule has 4 rings (SSSR count). The van der Waals surface area contributed by atoms with Gasteiger partial charge in [0.1, 0.15) is 0 Å². The number of hydrogen-bond donors (Lipinski definition) is 2. The Morgan fingerprint density at radius 2 is 1.72 bits per heavy atom. The number of fused-ring (bicyclic) bond motifs is 1. The zero-order valence-corrected chi connectivity index (χ0v) is 16.6. The van der Waals surface area contributed by atoms with Crippen LogP contribution < -0.4 is 10.6 Å². The van der Waals surface area contributed by atoms with Gasteiger partial charge in [-0.15, -0.1) is 0 Å². The molecule has 4 nitrogen and oxygen atoms in total. The fraction of sp³-hybridized carbons (Fsp3) is 0.120. The lowest BCUT2D eigenvalue weighted by molar-refractivity contribution is 0.252. The lowest BCUT2D eigenvalue weighted by Gasteiger charge is -2.13. The molecule has 2 N–H and O–H groups in total. The number of benzene rings is 3. The topological polar surface area (TPSA) is 54.0 Å². The standard InChI is InChI=1S/C25H23N3O/c1-17-6-9-21(10-7-17)28-25(29)27-15-20-8-11-22(19-5-3-4-18(2)14-19)23-12-13-26-16-24(20)23/h3-14,16H,15H2,1-2H3,(H2,27,28,29). The summed E-state index contributed by atoms with van der Waals surface area (Å²) < 4.78 is 0. The van der Waals surface area contributed by atoms with E-state index in [0.717, 1.165) is 27.6 Å². The predicted octanol–water partition coefficient (Wildman–Crippen LogP) is 5.84. The van der Waals surface area contributed by atoms with Gasteiger partial charge in [0.05, 0.1) is 0 Å². The number of carbonyl (C=O) groups excluding carboxylic acids is 1. The Hall–Kier alpha value is -3.66. The van der Waals surface area contributed by atoms with Crippen molar-refractivity contribution >= 4 is 22.5 Å². The number of nitrogens with zero attached hydrogens (tertiary/aromatic N) is 1. The highest BCUT2D eigenvalue weighted by atomic mass is 16.2. The molecule has 2 amide bonds. The highest BCUT2D eigenvalue weighted by molar-refractivity contribution is 5.98. The number of pyridine rings is 1. The molecule has 4 heteroatoms. The normalized spacial score (nSPS) is 10.7. The summed E-state index contributed by atoms with van der Waals surface area (Å²) in [5, 5.41) is 7.98. The van der Waals surface area contributed by atoms with Crippen molar-refractivity contribution in [3.8, 4) is 11.1 Å². The third-order valence-electron chi connectivity index (χ3n) is 4.99. The van der Waals surface area contributed by atoms with E-state index in [2.05, 4.69) is 58.9 Å². The number of carbonyl (C=O) groups is 1. The number of urea groups is 1. The van der Waals surface area contributed by atoms with Crippen LogP contribution in [0.4, 0.5) is 10.5 Å². The van der Waals surface area contributed by atoms with Crippen LogP contribution >= 0.6 is 0 Å². The highest BCUT2D eigenvalue weighted by Crippen LogP contribution is 2.30. The van der Waals surface area contributed by atoms with Crippen molar-refractivity contribution in [2.75, 3.05) is 5.32 Å². The SMILES string of the molecule is Cc1ccc(NC(=O)NCc2ccc(-c3cccc(C)c3)c3ccncc23)cc1. The van der Waals surface area contributed by atoms with Crippen LogP contribution in [0.1, 0.15) is 16.7 Å². The molecule has 1 heterocycles. The lowest BCUT2D eigenvalue weighted by Crippen LogP contribution is -2.28. The second-order valence-corrected chi connectivity index (χ2v) is 7.24. The van der Waals surface area contributed by atoms with Gasteiger partial charge >= 0.3 is 6.03 Å². The van der Waals surface area contributed by atoms with Gasteiger partial charge in [0.2, 0.25) is 0 Å². The maximum atomic E-state index is 12.3. The minimum Gasteiger partial charge on any atom is -0.334 e. The molecular weight excluding hydrogens is 358 g/mol. The first-order chi connectivity index (χ1) is 14.1. The van der Waals surface area contributed by atoms with Gasteiger partial charge < -0.3 is 10.6 Å². The van der Waals surface area contributed by atoms with E-state index < -0.39 is 0 Å². The molecule has 0 saturated heterocycles. The number of rotatable bonds is 4. The maximum Gasteiger partial charge on any atom is 0.319 e. The van der Waals surface area contributed by atoms with Gasteiger partial charge in [0, 0.05) is 30.0 Å². The van der Waals surface area contributed by atoms with Gasteiger partial charge in [-0.2, -0.15) is 0 Å². The first-order valence-corrected chi connectivity index (χ1v) is 9.64. The maximum absolute atomic E-state index is 12.3. The molecule has 0 radical (unpaired) electrons. The molecule has 0 unspecified atom stereocenters. The molecule has 0 saturated carbocycles. The fourth-order valence-electron chi connectivity index (χ4n) is 3.45. The molecule has 4 aromatic rings. The monoisotopic (exact) mass is 381 g/mol. The first-order valence-electron chi connectivity index (χ1n) is 9.64. The summed E-state index contributed by atoms with van der Waals surface area (Å²) in [6.07, 6.45) is 3.67. The van der Waals surface area contributed by atoms with E-state index in [0.29, 0.717) is 6.54 Å². The molecule has 3 aromatic carbocycles. The largest absolute Gasteiger partial charge is 0.334 e. The van der Waals surface area contributed by atoms with Crippen LogP contribution in [0.15, 0.2) is 79.1 Å². The summed E-state index contributed by atoms with van der Waals surface area (Å²) in [5.74, 6) is 0. The highest BCUT2D eigenvalue weighted by Gasteiger charge is 2.09. The zero-order chi connectivity index (χ0) is 20.2. The fourth-order valence-corrected chi connectivity index (χ4v) is 3.45. The van der Waals surface area contributed by atoms with Crippen LogP contribution in [-0.4, -0.2) is 11.0 Å². The summed E-state index contributed by atoms with van der Waals surface area (Å²) >= 11 is 0. The summed E-state index contributed by atoms with van der Waals surface area (Å²) in [6.45, 7) is 4.54. The summed E-state index contributed by atoms with van der Waals surface area (Å²) in [5.41, 5.74) is 6.53. The number of anilines is 1. The van der Waals surface area contributed by atoms with Crippen molar-refractivity contribution in [2.45, 2.75) is 20.4 Å². The minimum atomic E-state index is -0.228. The number of nitrogens with one attached hydrogen (secondary N) is 2. The van der Waals surface area contributed by atoms with Crippen molar-refractivity contribution < 1.29 is 4.79 Å². The van der Waals surface area contributed by atoms with Gasteiger partial charge in [-0.25, -0.2) is 4.79 Å². The molecule has 0 fully saturated rings.